The van der Waals surface area contributed by atoms with Crippen LogP contribution in [-0.4, -0.2) is 48.9 Å². The average Bonchev–Trinajstić information content (AvgIpc) is 2.99. The molecule has 0 amide bonds. The van der Waals surface area contributed by atoms with Gasteiger partial charge in [-0.15, -0.1) is 0 Å². The van der Waals surface area contributed by atoms with Crippen molar-refractivity contribution in [1.29, 1.82) is 0 Å². The Morgan fingerprint density at radius 2 is 2.38 bits per heavy atom. The number of nitrogens with zero attached hydrogens (tertiary/aromatic N) is 1. The lowest BCUT2D eigenvalue weighted by molar-refractivity contribution is 0.00284. The zero-order valence-corrected chi connectivity index (χ0v) is 8.98. The second kappa shape index (κ2) is 4.64. The van der Waals surface area contributed by atoms with Crippen molar-refractivity contribution in [2.75, 3.05) is 32.5 Å². The second-order valence-electron chi connectivity index (χ2n) is 3.75. The zero-order valence-electron chi connectivity index (χ0n) is 8.16. The highest BCUT2D eigenvalue weighted by Gasteiger charge is 2.24. The molecule has 1 N–H and O–H groups in total. The summed E-state index contributed by atoms with van der Waals surface area (Å²) >= 11 is 1.82. The number of morpholine rings is 1. The maximum atomic E-state index is 5.67. The van der Waals surface area contributed by atoms with Crippen molar-refractivity contribution < 1.29 is 4.74 Å². The van der Waals surface area contributed by atoms with Gasteiger partial charge < -0.3 is 10.1 Å². The quantitative estimate of drug-likeness (QED) is 0.679. The summed E-state index contributed by atoms with van der Waals surface area (Å²) in [6.07, 6.45) is 5.26. The molecule has 1 heterocycles. The summed E-state index contributed by atoms with van der Waals surface area (Å²) in [5.41, 5.74) is 0. The van der Waals surface area contributed by atoms with E-state index >= 15 is 0 Å². The fraction of sp³-hybridized carbons (Fsp3) is 1.00. The molecule has 0 spiro atoms. The van der Waals surface area contributed by atoms with Crippen LogP contribution in [0.4, 0.5) is 0 Å². The minimum Gasteiger partial charge on any atom is -0.374 e. The third kappa shape index (κ3) is 3.13. The zero-order chi connectivity index (χ0) is 9.10. The fourth-order valence-corrected chi connectivity index (χ4v) is 2.14. The molecule has 13 heavy (non-hydrogen) atoms. The van der Waals surface area contributed by atoms with Crippen molar-refractivity contribution in [3.8, 4) is 0 Å². The van der Waals surface area contributed by atoms with E-state index in [1.54, 1.807) is 0 Å². The summed E-state index contributed by atoms with van der Waals surface area (Å²) in [5, 5.41) is 3.51. The van der Waals surface area contributed by atoms with Crippen LogP contribution in [0.2, 0.25) is 0 Å². The largest absolute Gasteiger partial charge is 0.374 e. The Hall–Kier alpha value is 0.230. The molecule has 0 aromatic heterocycles. The van der Waals surface area contributed by atoms with E-state index in [4.69, 9.17) is 4.74 Å². The number of nitrogens with one attached hydrogen (secondary N) is 1. The van der Waals surface area contributed by atoms with Crippen molar-refractivity contribution >= 4 is 11.9 Å². The molecular formula is C9H18N2OS. The summed E-state index contributed by atoms with van der Waals surface area (Å²) < 4.78 is 8.05. The lowest BCUT2D eigenvalue weighted by Crippen LogP contribution is -2.44. The highest BCUT2D eigenvalue weighted by atomic mass is 32.2. The monoisotopic (exact) mass is 202 g/mol. The minimum atomic E-state index is 0.404. The molecule has 1 aliphatic carbocycles. The maximum Gasteiger partial charge on any atom is 0.0836 e. The molecule has 2 aliphatic rings. The third-order valence-corrected chi connectivity index (χ3v) is 3.42. The maximum absolute atomic E-state index is 5.67. The molecule has 1 saturated heterocycles. The first-order chi connectivity index (χ1) is 6.38. The Bertz CT molecular complexity index is 164. The summed E-state index contributed by atoms with van der Waals surface area (Å²) in [6.45, 7) is 4.06. The predicted octanol–water partition coefficient (Wildman–Crippen LogP) is 0.717. The molecule has 2 fully saturated rings. The van der Waals surface area contributed by atoms with E-state index in [-0.39, 0.29) is 0 Å². The van der Waals surface area contributed by atoms with Gasteiger partial charge in [0.25, 0.3) is 0 Å². The fourth-order valence-electron chi connectivity index (χ4n) is 1.57. The highest BCUT2D eigenvalue weighted by molar-refractivity contribution is 7.96. The van der Waals surface area contributed by atoms with Gasteiger partial charge in [0.15, 0.2) is 0 Å². The number of hydrogen-bond donors (Lipinski definition) is 1. The molecule has 2 rings (SSSR count). The number of rotatable bonds is 4. The molecule has 0 aromatic carbocycles. The van der Waals surface area contributed by atoms with E-state index in [2.05, 4.69) is 15.9 Å². The summed E-state index contributed by atoms with van der Waals surface area (Å²) in [4.78, 5) is 0. The topological polar surface area (TPSA) is 24.5 Å². The van der Waals surface area contributed by atoms with Crippen LogP contribution in [0.5, 0.6) is 0 Å². The van der Waals surface area contributed by atoms with Crippen LogP contribution in [0, 0.1) is 0 Å². The van der Waals surface area contributed by atoms with Crippen molar-refractivity contribution in [2.45, 2.75) is 25.0 Å². The lowest BCUT2D eigenvalue weighted by atomic mass is 10.3. The molecule has 0 aromatic rings. The standard InChI is InChI=1S/C9H18N2OS/c1-13-11-4-5-12-9(7-11)6-10-8-2-3-8/h8-10H,2-7H2,1H3/t9-/m1/s1. The molecule has 3 nitrogen and oxygen atoms in total. The van der Waals surface area contributed by atoms with Crippen LogP contribution < -0.4 is 5.32 Å². The molecule has 1 aliphatic heterocycles. The van der Waals surface area contributed by atoms with Crippen molar-refractivity contribution in [3.63, 3.8) is 0 Å². The molecule has 0 bridgehead atoms. The molecule has 0 unspecified atom stereocenters. The van der Waals surface area contributed by atoms with Crippen LogP contribution >= 0.6 is 11.9 Å². The molecule has 1 saturated carbocycles. The van der Waals surface area contributed by atoms with E-state index in [1.165, 1.54) is 12.8 Å². The van der Waals surface area contributed by atoms with E-state index < -0.39 is 0 Å². The van der Waals surface area contributed by atoms with Gasteiger partial charge in [0.05, 0.1) is 12.7 Å². The van der Waals surface area contributed by atoms with Gasteiger partial charge in [0.2, 0.25) is 0 Å². The molecule has 4 heteroatoms. The number of ether oxygens (including phenoxy) is 1. The van der Waals surface area contributed by atoms with Crippen molar-refractivity contribution in [3.05, 3.63) is 0 Å². The van der Waals surface area contributed by atoms with Crippen LogP contribution in [0.1, 0.15) is 12.8 Å². The molecule has 76 valence electrons. The third-order valence-electron chi connectivity index (χ3n) is 2.57. The number of hydrogen-bond acceptors (Lipinski definition) is 4. The Morgan fingerprint density at radius 1 is 1.54 bits per heavy atom. The van der Waals surface area contributed by atoms with Gasteiger partial charge in [0, 0.05) is 25.7 Å². The van der Waals surface area contributed by atoms with Crippen LogP contribution in [0.3, 0.4) is 0 Å². The second-order valence-corrected chi connectivity index (χ2v) is 4.63. The van der Waals surface area contributed by atoms with Gasteiger partial charge in [-0.25, -0.2) is 4.31 Å². The van der Waals surface area contributed by atoms with Crippen LogP contribution in [0.15, 0.2) is 0 Å². The van der Waals surface area contributed by atoms with E-state index in [1.807, 2.05) is 11.9 Å². The molecule has 1 atom stereocenters. The Labute approximate surface area is 84.3 Å². The van der Waals surface area contributed by atoms with E-state index in [0.717, 1.165) is 32.3 Å². The first-order valence-electron chi connectivity index (χ1n) is 5.02. The SMILES string of the molecule is CSN1CCO[C@H](CNC2CC2)C1. The predicted molar refractivity (Wildman–Crippen MR) is 55.9 cm³/mol. The Balaban J connectivity index is 1.65. The van der Waals surface area contributed by atoms with Crippen molar-refractivity contribution in [2.24, 2.45) is 0 Å². The van der Waals surface area contributed by atoms with Gasteiger partial charge in [0.1, 0.15) is 0 Å². The van der Waals surface area contributed by atoms with Gasteiger partial charge in [-0.1, -0.05) is 11.9 Å². The van der Waals surface area contributed by atoms with Gasteiger partial charge >= 0.3 is 0 Å². The molecular weight excluding hydrogens is 184 g/mol. The van der Waals surface area contributed by atoms with Gasteiger partial charge in [-0.05, 0) is 19.1 Å². The smallest absolute Gasteiger partial charge is 0.0836 e. The normalized spacial score (nSPS) is 30.7. The van der Waals surface area contributed by atoms with Crippen LogP contribution in [0.25, 0.3) is 0 Å². The van der Waals surface area contributed by atoms with Gasteiger partial charge in [-0.3, -0.25) is 0 Å². The summed E-state index contributed by atoms with van der Waals surface area (Å²) in [6, 6.07) is 0.799. The van der Waals surface area contributed by atoms with Crippen molar-refractivity contribution in [1.82, 2.24) is 9.62 Å². The van der Waals surface area contributed by atoms with E-state index in [0.29, 0.717) is 6.10 Å². The Kier molecular flexibility index (Phi) is 3.49. The lowest BCUT2D eigenvalue weighted by Gasteiger charge is -2.31. The van der Waals surface area contributed by atoms with E-state index in [9.17, 15) is 0 Å². The summed E-state index contributed by atoms with van der Waals surface area (Å²) in [7, 11) is 0. The summed E-state index contributed by atoms with van der Waals surface area (Å²) in [5.74, 6) is 0. The average molecular weight is 202 g/mol. The first-order valence-corrected chi connectivity index (χ1v) is 6.20. The van der Waals surface area contributed by atoms with Crippen LogP contribution in [-0.2, 0) is 4.74 Å². The molecule has 0 radical (unpaired) electrons. The highest BCUT2D eigenvalue weighted by Crippen LogP contribution is 2.19. The van der Waals surface area contributed by atoms with Gasteiger partial charge in [-0.2, -0.15) is 0 Å². The Morgan fingerprint density at radius 3 is 3.08 bits per heavy atom. The minimum absolute atomic E-state index is 0.404. The first kappa shape index (κ1) is 9.77.